The van der Waals surface area contributed by atoms with Crippen molar-refractivity contribution in [1.82, 2.24) is 9.29 Å². The van der Waals surface area contributed by atoms with E-state index < -0.39 is 28.1 Å². The highest BCUT2D eigenvalue weighted by molar-refractivity contribution is 7.89. The van der Waals surface area contributed by atoms with Crippen LogP contribution in [0.25, 0.3) is 0 Å². The Balaban J connectivity index is 1.28. The van der Waals surface area contributed by atoms with Crippen molar-refractivity contribution >= 4 is 39.2 Å². The van der Waals surface area contributed by atoms with Crippen LogP contribution in [0.2, 0.25) is 5.15 Å². The van der Waals surface area contributed by atoms with E-state index >= 15 is 8.78 Å². The number of anilines is 2. The number of nitrogens with zero attached hydrogens (tertiary/aromatic N) is 4. The van der Waals surface area contributed by atoms with Gasteiger partial charge in [0.1, 0.15) is 17.1 Å². The van der Waals surface area contributed by atoms with Crippen LogP contribution in [0.3, 0.4) is 0 Å². The van der Waals surface area contributed by atoms with Gasteiger partial charge in [-0.15, -0.1) is 0 Å². The molecule has 5 rings (SSSR count). The first-order valence-corrected chi connectivity index (χ1v) is 14.1. The molecule has 2 aliphatic heterocycles. The molecule has 3 heterocycles. The molecule has 1 aromatic heterocycles. The van der Waals surface area contributed by atoms with Crippen molar-refractivity contribution in [3.8, 4) is 0 Å². The summed E-state index contributed by atoms with van der Waals surface area (Å²) in [6, 6.07) is 15.8. The summed E-state index contributed by atoms with van der Waals surface area (Å²) in [5.74, 6) is -3.03. The predicted octanol–water partition coefficient (Wildman–Crippen LogP) is 3.67. The first kappa shape index (κ1) is 27.3. The third-order valence-electron chi connectivity index (χ3n) is 6.77. The fraction of sp³-hybridized carbons (Fsp3) is 0.308. The number of aromatic nitrogens is 1. The first-order chi connectivity index (χ1) is 18.6. The average Bonchev–Trinajstić information content (AvgIpc) is 3.34. The molecule has 0 bridgehead atoms. The van der Waals surface area contributed by atoms with E-state index in [1.54, 1.807) is 23.1 Å². The van der Waals surface area contributed by atoms with Crippen LogP contribution in [-0.4, -0.2) is 69.2 Å². The van der Waals surface area contributed by atoms with E-state index in [0.717, 1.165) is 6.07 Å². The predicted molar refractivity (Wildman–Crippen MR) is 143 cm³/mol. The summed E-state index contributed by atoms with van der Waals surface area (Å²) >= 11 is 6.11. The van der Waals surface area contributed by atoms with Crippen molar-refractivity contribution in [2.45, 2.75) is 16.9 Å². The molecule has 1 unspecified atom stereocenters. The van der Waals surface area contributed by atoms with E-state index in [1.165, 1.54) is 51.7 Å². The smallest absolute Gasteiger partial charge is 0.414 e. The van der Waals surface area contributed by atoms with Crippen LogP contribution in [0.1, 0.15) is 11.1 Å². The molecule has 1 amide bonds. The Bertz CT molecular complexity index is 1450. The van der Waals surface area contributed by atoms with Gasteiger partial charge in [-0.25, -0.2) is 18.2 Å². The number of nitrogens with two attached hydrogens (primary N) is 1. The molecule has 2 aliphatic rings. The molecule has 206 valence electrons. The molecule has 0 spiro atoms. The molecule has 0 aliphatic carbocycles. The number of pyridine rings is 1. The van der Waals surface area contributed by atoms with E-state index in [4.69, 9.17) is 22.1 Å². The Morgan fingerprint density at radius 3 is 2.28 bits per heavy atom. The van der Waals surface area contributed by atoms with Crippen molar-refractivity contribution in [2.75, 3.05) is 49.1 Å². The summed E-state index contributed by atoms with van der Waals surface area (Å²) in [4.78, 5) is 19.5. The fourth-order valence-electron chi connectivity index (χ4n) is 4.60. The Morgan fingerprint density at radius 2 is 1.67 bits per heavy atom. The second-order valence-electron chi connectivity index (χ2n) is 9.21. The average molecular weight is 578 g/mol. The summed E-state index contributed by atoms with van der Waals surface area (Å²) in [5.41, 5.74) is 5.62. The molecule has 2 saturated heterocycles. The Morgan fingerprint density at radius 1 is 1.00 bits per heavy atom. The second-order valence-corrected chi connectivity index (χ2v) is 11.5. The van der Waals surface area contributed by atoms with Crippen LogP contribution in [0, 0.1) is 0 Å². The van der Waals surface area contributed by atoms with Gasteiger partial charge >= 0.3 is 6.09 Å². The zero-order chi connectivity index (χ0) is 27.8. The van der Waals surface area contributed by atoms with E-state index in [-0.39, 0.29) is 59.7 Å². The van der Waals surface area contributed by atoms with Crippen LogP contribution in [0.15, 0.2) is 71.6 Å². The summed E-state index contributed by atoms with van der Waals surface area (Å²) < 4.78 is 63.4. The third-order valence-corrected chi connectivity index (χ3v) is 8.87. The van der Waals surface area contributed by atoms with Gasteiger partial charge < -0.3 is 15.4 Å². The number of rotatable bonds is 7. The maximum Gasteiger partial charge on any atom is 0.414 e. The summed E-state index contributed by atoms with van der Waals surface area (Å²) in [5, 5.41) is -0.0760. The fourth-order valence-corrected chi connectivity index (χ4v) is 6.23. The highest BCUT2D eigenvalue weighted by atomic mass is 35.5. The number of piperazine rings is 1. The van der Waals surface area contributed by atoms with Crippen molar-refractivity contribution in [1.29, 1.82) is 0 Å². The molecule has 13 heteroatoms. The van der Waals surface area contributed by atoms with Crippen LogP contribution in [-0.2, 0) is 20.7 Å². The number of hydrogen-bond donors (Lipinski definition) is 1. The largest absolute Gasteiger partial charge is 0.443 e. The van der Waals surface area contributed by atoms with E-state index in [1.807, 2.05) is 0 Å². The highest BCUT2D eigenvalue weighted by Gasteiger charge is 2.36. The minimum absolute atomic E-state index is 0.0760. The number of carbonyl (C=O) groups is 1. The first-order valence-electron chi connectivity index (χ1n) is 12.2. The van der Waals surface area contributed by atoms with Crippen LogP contribution in [0.4, 0.5) is 25.1 Å². The number of alkyl halides is 2. The minimum atomic E-state index is -3.83. The monoisotopic (exact) mass is 577 g/mol. The van der Waals surface area contributed by atoms with Crippen molar-refractivity contribution in [3.63, 3.8) is 0 Å². The van der Waals surface area contributed by atoms with Gasteiger partial charge in [-0.1, -0.05) is 41.9 Å². The van der Waals surface area contributed by atoms with E-state index in [9.17, 15) is 13.2 Å². The van der Waals surface area contributed by atoms with Crippen molar-refractivity contribution < 1.29 is 26.7 Å². The lowest BCUT2D eigenvalue weighted by molar-refractivity contribution is 0.0428. The lowest BCUT2D eigenvalue weighted by atomic mass is 10.0. The standard InChI is InChI=1S/C26H26ClF2N5O4S/c27-23-14-19(26(28,29)18-4-2-1-3-5-18)15-24(31-23)32-10-12-33(13-11-32)39(36,37)22-8-6-20(7-9-22)34-17-21(16-30)38-25(34)35/h1-9,14-15,21H,10-13,16-17,30H2. The number of benzene rings is 2. The molecule has 9 nitrogen and oxygen atoms in total. The van der Waals surface area contributed by atoms with E-state index in [0.29, 0.717) is 12.2 Å². The van der Waals surface area contributed by atoms with Gasteiger partial charge in [0, 0.05) is 49.5 Å². The molecular formula is C26H26ClF2N5O4S. The van der Waals surface area contributed by atoms with Crippen LogP contribution < -0.4 is 15.5 Å². The van der Waals surface area contributed by atoms with Gasteiger partial charge in [0.15, 0.2) is 0 Å². The molecule has 0 saturated carbocycles. The van der Waals surface area contributed by atoms with E-state index in [2.05, 4.69) is 4.98 Å². The van der Waals surface area contributed by atoms with Gasteiger partial charge in [-0.05, 0) is 36.4 Å². The van der Waals surface area contributed by atoms with Gasteiger partial charge in [0.25, 0.3) is 5.92 Å². The molecule has 3 aromatic rings. The van der Waals surface area contributed by atoms with Gasteiger partial charge in [0.2, 0.25) is 10.0 Å². The second kappa shape index (κ2) is 10.7. The lowest BCUT2D eigenvalue weighted by Crippen LogP contribution is -2.49. The highest BCUT2D eigenvalue weighted by Crippen LogP contribution is 2.38. The lowest BCUT2D eigenvalue weighted by Gasteiger charge is -2.35. The molecule has 1 atom stereocenters. The number of halogens is 3. The summed E-state index contributed by atoms with van der Waals surface area (Å²) in [6.07, 6.45) is -0.941. The number of ether oxygens (including phenoxy) is 1. The Labute approximate surface area is 229 Å². The normalized spacial score (nSPS) is 18.9. The zero-order valence-corrected chi connectivity index (χ0v) is 22.3. The van der Waals surface area contributed by atoms with Gasteiger partial charge in [-0.3, -0.25) is 4.90 Å². The summed E-state index contributed by atoms with van der Waals surface area (Å²) in [7, 11) is -3.83. The zero-order valence-electron chi connectivity index (χ0n) is 20.7. The van der Waals surface area contributed by atoms with Crippen LogP contribution >= 0.6 is 11.6 Å². The minimum Gasteiger partial charge on any atom is -0.443 e. The van der Waals surface area contributed by atoms with Crippen molar-refractivity contribution in [2.24, 2.45) is 5.73 Å². The summed E-state index contributed by atoms with van der Waals surface area (Å²) in [6.45, 7) is 1.21. The number of amides is 1. The maximum absolute atomic E-state index is 15.2. The number of hydrogen-bond acceptors (Lipinski definition) is 7. The molecule has 39 heavy (non-hydrogen) atoms. The van der Waals surface area contributed by atoms with Crippen molar-refractivity contribution in [3.05, 3.63) is 83.0 Å². The third kappa shape index (κ3) is 5.42. The molecule has 2 aromatic carbocycles. The van der Waals surface area contributed by atoms with Crippen LogP contribution in [0.5, 0.6) is 0 Å². The van der Waals surface area contributed by atoms with Gasteiger partial charge in [0.05, 0.1) is 11.4 Å². The Kier molecular flexibility index (Phi) is 7.47. The van der Waals surface area contributed by atoms with Gasteiger partial charge in [-0.2, -0.15) is 13.1 Å². The quantitative estimate of drug-likeness (QED) is 0.427. The number of sulfonamides is 1. The molecule has 2 N–H and O–H groups in total. The Hall–Kier alpha value is -3.32. The molecular weight excluding hydrogens is 552 g/mol. The number of cyclic esters (lactones) is 1. The number of carbonyl (C=O) groups excluding carboxylic acids is 1. The maximum atomic E-state index is 15.2. The SMILES string of the molecule is NCC1CN(c2ccc(S(=O)(=O)N3CCN(c4cc(C(F)(F)c5ccccc5)cc(Cl)n4)CC3)cc2)C(=O)O1. The molecule has 0 radical (unpaired) electrons. The topological polar surface area (TPSA) is 109 Å². The molecule has 2 fully saturated rings.